The summed E-state index contributed by atoms with van der Waals surface area (Å²) in [4.78, 5) is 16.7. The molecule has 31 heavy (non-hydrogen) atoms. The molecule has 0 aliphatic carbocycles. The van der Waals surface area contributed by atoms with Crippen LogP contribution in [0.5, 0.6) is 17.2 Å². The average molecular weight is 425 g/mol. The second-order valence-electron chi connectivity index (χ2n) is 7.15. The highest BCUT2D eigenvalue weighted by molar-refractivity contribution is 5.91. The van der Waals surface area contributed by atoms with E-state index in [9.17, 15) is 4.79 Å². The van der Waals surface area contributed by atoms with E-state index in [1.54, 1.807) is 33.5 Å². The Bertz CT molecular complexity index is 1040. The lowest BCUT2D eigenvalue weighted by atomic mass is 10.1. The first-order valence-corrected chi connectivity index (χ1v) is 9.95. The van der Waals surface area contributed by atoms with Gasteiger partial charge >= 0.3 is 0 Å². The summed E-state index contributed by atoms with van der Waals surface area (Å²) in [5.74, 6) is 2.33. The molecule has 0 spiro atoms. The molecule has 1 aromatic heterocycles. The van der Waals surface area contributed by atoms with Crippen LogP contribution in [-0.4, -0.2) is 37.4 Å². The van der Waals surface area contributed by atoms with Crippen molar-refractivity contribution in [2.24, 2.45) is 0 Å². The summed E-state index contributed by atoms with van der Waals surface area (Å²) in [5.41, 5.74) is 3.71. The van der Waals surface area contributed by atoms with Gasteiger partial charge < -0.3 is 24.1 Å². The number of aryl methyl sites for hydroxylation is 3. The zero-order valence-corrected chi connectivity index (χ0v) is 18.4. The molecular weight excluding hydrogens is 398 g/mol. The number of methoxy groups -OCH3 is 3. The van der Waals surface area contributed by atoms with Crippen molar-refractivity contribution in [1.29, 1.82) is 0 Å². The molecular formula is C23H27N3O5. The normalized spacial score (nSPS) is 10.6. The molecule has 1 N–H and O–H groups in total. The van der Waals surface area contributed by atoms with Gasteiger partial charge in [-0.15, -0.1) is 0 Å². The quantitative estimate of drug-likeness (QED) is 0.545. The first-order chi connectivity index (χ1) is 14.9. The van der Waals surface area contributed by atoms with E-state index in [0.29, 0.717) is 53.8 Å². The molecule has 0 atom stereocenters. The van der Waals surface area contributed by atoms with Gasteiger partial charge in [-0.25, -0.2) is 0 Å². The third kappa shape index (κ3) is 5.33. The van der Waals surface area contributed by atoms with Crippen LogP contribution < -0.4 is 19.5 Å². The molecule has 0 aliphatic rings. The summed E-state index contributed by atoms with van der Waals surface area (Å²) in [7, 11) is 4.64. The number of carbonyl (C=O) groups excluding carboxylic acids is 1. The Kier molecular flexibility index (Phi) is 7.12. The number of amides is 1. The number of aromatic nitrogens is 2. The van der Waals surface area contributed by atoms with E-state index in [4.69, 9.17) is 18.7 Å². The highest BCUT2D eigenvalue weighted by Crippen LogP contribution is 2.40. The molecule has 0 radical (unpaired) electrons. The second-order valence-corrected chi connectivity index (χ2v) is 7.15. The lowest BCUT2D eigenvalue weighted by Gasteiger charge is -2.12. The van der Waals surface area contributed by atoms with Crippen molar-refractivity contribution in [2.45, 2.75) is 33.1 Å². The van der Waals surface area contributed by atoms with Gasteiger partial charge in [0.1, 0.15) is 0 Å². The third-order valence-electron chi connectivity index (χ3n) is 4.84. The highest BCUT2D eigenvalue weighted by atomic mass is 16.5. The topological polar surface area (TPSA) is 95.7 Å². The van der Waals surface area contributed by atoms with Crippen LogP contribution >= 0.6 is 0 Å². The fourth-order valence-electron chi connectivity index (χ4n) is 3.25. The van der Waals surface area contributed by atoms with E-state index in [1.807, 2.05) is 32.0 Å². The van der Waals surface area contributed by atoms with Crippen LogP contribution in [0.25, 0.3) is 11.4 Å². The number of hydrogen-bond donors (Lipinski definition) is 1. The third-order valence-corrected chi connectivity index (χ3v) is 4.84. The molecule has 0 bridgehead atoms. The minimum atomic E-state index is -0.0451. The summed E-state index contributed by atoms with van der Waals surface area (Å²) in [6, 6.07) is 9.45. The van der Waals surface area contributed by atoms with Crippen molar-refractivity contribution in [2.75, 3.05) is 26.6 Å². The minimum Gasteiger partial charge on any atom is -0.493 e. The summed E-state index contributed by atoms with van der Waals surface area (Å²) >= 11 is 0. The smallest absolute Gasteiger partial charge is 0.226 e. The Morgan fingerprint density at radius 1 is 1.03 bits per heavy atom. The Morgan fingerprint density at radius 2 is 1.74 bits per heavy atom. The molecule has 0 fully saturated rings. The van der Waals surface area contributed by atoms with Crippen molar-refractivity contribution in [3.8, 4) is 28.6 Å². The number of ether oxygens (including phenoxy) is 3. The molecule has 8 nitrogen and oxygen atoms in total. The maximum atomic E-state index is 12.3. The Hall–Kier alpha value is -3.55. The highest BCUT2D eigenvalue weighted by Gasteiger charge is 2.17. The lowest BCUT2D eigenvalue weighted by Crippen LogP contribution is -2.12. The van der Waals surface area contributed by atoms with Gasteiger partial charge in [-0.3, -0.25) is 4.79 Å². The van der Waals surface area contributed by atoms with Crippen LogP contribution in [0, 0.1) is 13.8 Å². The molecule has 1 amide bonds. The number of nitrogens with zero attached hydrogens (tertiary/aromatic N) is 2. The van der Waals surface area contributed by atoms with Crippen molar-refractivity contribution in [3.05, 3.63) is 47.3 Å². The van der Waals surface area contributed by atoms with Gasteiger partial charge in [0.25, 0.3) is 0 Å². The Balaban J connectivity index is 1.61. The van der Waals surface area contributed by atoms with Gasteiger partial charge in [0, 0.05) is 24.1 Å². The number of benzene rings is 2. The number of hydrogen-bond acceptors (Lipinski definition) is 7. The lowest BCUT2D eigenvalue weighted by molar-refractivity contribution is -0.116. The SMILES string of the molecule is COc1cc(-c2noc(CCCC(=O)Nc3ccc(C)cc3C)n2)cc(OC)c1OC. The maximum Gasteiger partial charge on any atom is 0.226 e. The van der Waals surface area contributed by atoms with E-state index in [2.05, 4.69) is 15.5 Å². The van der Waals surface area contributed by atoms with Crippen LogP contribution in [0.4, 0.5) is 5.69 Å². The fraction of sp³-hybridized carbons (Fsp3) is 0.348. The molecule has 2 aromatic carbocycles. The van der Waals surface area contributed by atoms with Gasteiger partial charge in [-0.05, 0) is 44.0 Å². The molecule has 0 aliphatic heterocycles. The van der Waals surface area contributed by atoms with E-state index >= 15 is 0 Å². The standard InChI is InChI=1S/C23H27N3O5/c1-14-9-10-17(15(2)11-14)24-20(27)7-6-8-21-25-23(26-31-21)16-12-18(28-3)22(30-5)19(13-16)29-4/h9-13H,6-8H2,1-5H3,(H,24,27). The number of anilines is 1. The maximum absolute atomic E-state index is 12.3. The molecule has 3 rings (SSSR count). The van der Waals surface area contributed by atoms with Crippen LogP contribution in [0.1, 0.15) is 29.9 Å². The molecule has 0 unspecified atom stereocenters. The largest absolute Gasteiger partial charge is 0.493 e. The molecule has 8 heteroatoms. The van der Waals surface area contributed by atoms with Crippen LogP contribution in [0.15, 0.2) is 34.9 Å². The van der Waals surface area contributed by atoms with Gasteiger partial charge in [-0.1, -0.05) is 22.9 Å². The molecule has 164 valence electrons. The van der Waals surface area contributed by atoms with E-state index in [0.717, 1.165) is 16.8 Å². The Morgan fingerprint density at radius 3 is 2.35 bits per heavy atom. The second kappa shape index (κ2) is 9.97. The minimum absolute atomic E-state index is 0.0451. The summed E-state index contributed by atoms with van der Waals surface area (Å²) < 4.78 is 21.4. The number of rotatable bonds is 9. The summed E-state index contributed by atoms with van der Waals surface area (Å²) in [5, 5.41) is 6.99. The van der Waals surface area contributed by atoms with Gasteiger partial charge in [0.2, 0.25) is 23.4 Å². The molecule has 0 saturated carbocycles. The fourth-order valence-corrected chi connectivity index (χ4v) is 3.25. The number of carbonyl (C=O) groups is 1. The predicted octanol–water partition coefficient (Wildman–Crippen LogP) is 4.34. The first kappa shape index (κ1) is 22.1. The molecule has 3 aromatic rings. The van der Waals surface area contributed by atoms with Crippen LogP contribution in [-0.2, 0) is 11.2 Å². The monoisotopic (exact) mass is 425 g/mol. The molecule has 1 heterocycles. The van der Waals surface area contributed by atoms with Crippen molar-refractivity contribution >= 4 is 11.6 Å². The molecule has 0 saturated heterocycles. The van der Waals surface area contributed by atoms with Crippen molar-refractivity contribution < 1.29 is 23.5 Å². The zero-order valence-electron chi connectivity index (χ0n) is 18.4. The average Bonchev–Trinajstić information content (AvgIpc) is 3.23. The Labute approximate surface area is 181 Å². The van der Waals surface area contributed by atoms with Gasteiger partial charge in [-0.2, -0.15) is 4.98 Å². The van der Waals surface area contributed by atoms with Crippen molar-refractivity contribution in [1.82, 2.24) is 10.1 Å². The van der Waals surface area contributed by atoms with E-state index in [1.165, 1.54) is 0 Å². The van der Waals surface area contributed by atoms with Crippen molar-refractivity contribution in [3.63, 3.8) is 0 Å². The zero-order chi connectivity index (χ0) is 22.4. The summed E-state index contributed by atoms with van der Waals surface area (Å²) in [6.07, 6.45) is 1.45. The predicted molar refractivity (Wildman–Crippen MR) is 117 cm³/mol. The van der Waals surface area contributed by atoms with E-state index in [-0.39, 0.29) is 5.91 Å². The number of nitrogens with one attached hydrogen (secondary N) is 1. The van der Waals surface area contributed by atoms with Gasteiger partial charge in [0.05, 0.1) is 21.3 Å². The summed E-state index contributed by atoms with van der Waals surface area (Å²) in [6.45, 7) is 4.00. The van der Waals surface area contributed by atoms with E-state index < -0.39 is 0 Å². The van der Waals surface area contributed by atoms with Crippen LogP contribution in [0.3, 0.4) is 0 Å². The van der Waals surface area contributed by atoms with Gasteiger partial charge in [0.15, 0.2) is 11.5 Å². The van der Waals surface area contributed by atoms with Crippen LogP contribution in [0.2, 0.25) is 0 Å². The first-order valence-electron chi connectivity index (χ1n) is 9.95.